The van der Waals surface area contributed by atoms with Crippen molar-refractivity contribution >= 4 is 17.4 Å². The maximum atomic E-state index is 6.32. The van der Waals surface area contributed by atoms with Gasteiger partial charge in [0.05, 0.1) is 0 Å². The van der Waals surface area contributed by atoms with Crippen molar-refractivity contribution in [1.29, 1.82) is 0 Å². The average molecular weight is 296 g/mol. The van der Waals surface area contributed by atoms with Gasteiger partial charge in [0, 0.05) is 24.1 Å². The highest BCUT2D eigenvalue weighted by atomic mass is 35.5. The van der Waals surface area contributed by atoms with Gasteiger partial charge in [-0.3, -0.25) is 0 Å². The Kier molecular flexibility index (Phi) is 4.58. The molecule has 1 saturated heterocycles. The fourth-order valence-electron chi connectivity index (χ4n) is 3.03. The Balaban J connectivity index is 2.45. The average Bonchev–Trinajstić information content (AvgIpc) is 2.37. The van der Waals surface area contributed by atoms with Crippen molar-refractivity contribution in [3.8, 4) is 0 Å². The van der Waals surface area contributed by atoms with Crippen LogP contribution in [0.15, 0.2) is 0 Å². The minimum atomic E-state index is 0.293. The molecule has 1 aliphatic heterocycles. The number of nitrogens with zero attached hydrogens (tertiary/aromatic N) is 3. The number of piperidine rings is 1. The van der Waals surface area contributed by atoms with Crippen LogP contribution in [0.5, 0.6) is 0 Å². The molecule has 3 nitrogen and oxygen atoms in total. The van der Waals surface area contributed by atoms with Crippen molar-refractivity contribution < 1.29 is 0 Å². The first-order valence-electron chi connectivity index (χ1n) is 7.61. The molecule has 0 saturated carbocycles. The SMILES string of the molecule is Cc1c(Cl)nc(C(C)C)nc1N1CC(C)CC(C)C1C. The van der Waals surface area contributed by atoms with Crippen LogP contribution in [0.2, 0.25) is 5.15 Å². The molecule has 3 atom stereocenters. The van der Waals surface area contributed by atoms with Gasteiger partial charge in [-0.1, -0.05) is 39.3 Å². The number of anilines is 1. The molecule has 0 radical (unpaired) electrons. The number of rotatable bonds is 2. The Labute approximate surface area is 127 Å². The van der Waals surface area contributed by atoms with Crippen molar-refractivity contribution in [2.45, 2.75) is 59.9 Å². The molecule has 4 heteroatoms. The highest BCUT2D eigenvalue weighted by Crippen LogP contribution is 2.34. The number of hydrogen-bond donors (Lipinski definition) is 0. The maximum absolute atomic E-state index is 6.32. The predicted octanol–water partition coefficient (Wildman–Crippen LogP) is 4.43. The third-order valence-electron chi connectivity index (χ3n) is 4.46. The topological polar surface area (TPSA) is 29.0 Å². The first-order chi connectivity index (χ1) is 9.31. The van der Waals surface area contributed by atoms with Crippen molar-refractivity contribution in [2.75, 3.05) is 11.4 Å². The summed E-state index contributed by atoms with van der Waals surface area (Å²) < 4.78 is 0. The second-order valence-corrected chi connectivity index (χ2v) is 7.05. The van der Waals surface area contributed by atoms with Crippen molar-refractivity contribution in [2.24, 2.45) is 11.8 Å². The molecule has 0 amide bonds. The third kappa shape index (κ3) is 2.93. The monoisotopic (exact) mass is 295 g/mol. The molecule has 2 heterocycles. The zero-order valence-corrected chi connectivity index (χ0v) is 14.2. The molecule has 1 aromatic heterocycles. The van der Waals surface area contributed by atoms with E-state index in [-0.39, 0.29) is 0 Å². The van der Waals surface area contributed by atoms with E-state index in [1.165, 1.54) is 6.42 Å². The second kappa shape index (κ2) is 5.88. The van der Waals surface area contributed by atoms with E-state index >= 15 is 0 Å². The van der Waals surface area contributed by atoms with Gasteiger partial charge in [0.15, 0.2) is 0 Å². The van der Waals surface area contributed by atoms with Crippen molar-refractivity contribution in [3.63, 3.8) is 0 Å². The molecule has 0 bridgehead atoms. The van der Waals surface area contributed by atoms with E-state index in [1.807, 2.05) is 6.92 Å². The molecule has 0 aromatic carbocycles. The minimum Gasteiger partial charge on any atom is -0.353 e. The van der Waals surface area contributed by atoms with Gasteiger partial charge < -0.3 is 4.90 Å². The molecule has 1 fully saturated rings. The molecule has 1 aliphatic rings. The summed E-state index contributed by atoms with van der Waals surface area (Å²) in [5.74, 6) is 3.53. The first kappa shape index (κ1) is 15.6. The van der Waals surface area contributed by atoms with Crippen LogP contribution in [0.25, 0.3) is 0 Å². The molecule has 0 spiro atoms. The van der Waals surface area contributed by atoms with E-state index in [0.717, 1.165) is 23.8 Å². The lowest BCUT2D eigenvalue weighted by atomic mass is 9.86. The molecule has 20 heavy (non-hydrogen) atoms. The summed E-state index contributed by atoms with van der Waals surface area (Å²) in [5.41, 5.74) is 1.00. The molecule has 1 aromatic rings. The van der Waals surface area contributed by atoms with Crippen LogP contribution in [-0.4, -0.2) is 22.6 Å². The smallest absolute Gasteiger partial charge is 0.137 e. The fourth-order valence-corrected chi connectivity index (χ4v) is 3.20. The Morgan fingerprint density at radius 3 is 2.45 bits per heavy atom. The Morgan fingerprint density at radius 1 is 1.20 bits per heavy atom. The quantitative estimate of drug-likeness (QED) is 0.756. The Morgan fingerprint density at radius 2 is 1.85 bits per heavy atom. The van der Waals surface area contributed by atoms with E-state index in [9.17, 15) is 0 Å². The van der Waals surface area contributed by atoms with Crippen LogP contribution < -0.4 is 4.90 Å². The molecular weight excluding hydrogens is 270 g/mol. The lowest BCUT2D eigenvalue weighted by Gasteiger charge is -2.42. The summed E-state index contributed by atoms with van der Waals surface area (Å²) in [6, 6.07) is 0.496. The summed E-state index contributed by atoms with van der Waals surface area (Å²) in [5, 5.41) is 0.594. The molecule has 112 valence electrons. The standard InChI is InChI=1S/C16H26ClN3/c1-9(2)15-18-14(17)12(5)16(19-15)20-8-10(3)7-11(4)13(20)6/h9-11,13H,7-8H2,1-6H3. The predicted molar refractivity (Wildman–Crippen MR) is 85.6 cm³/mol. The summed E-state index contributed by atoms with van der Waals surface area (Å²) in [6.45, 7) is 14.2. The third-order valence-corrected chi connectivity index (χ3v) is 4.83. The summed E-state index contributed by atoms with van der Waals surface area (Å²) in [7, 11) is 0. The van der Waals surface area contributed by atoms with Gasteiger partial charge in [0.25, 0.3) is 0 Å². The highest BCUT2D eigenvalue weighted by Gasteiger charge is 2.31. The van der Waals surface area contributed by atoms with E-state index in [4.69, 9.17) is 16.6 Å². The van der Waals surface area contributed by atoms with Gasteiger partial charge in [-0.25, -0.2) is 9.97 Å². The lowest BCUT2D eigenvalue weighted by Crippen LogP contribution is -2.46. The van der Waals surface area contributed by atoms with E-state index in [1.54, 1.807) is 0 Å². The lowest BCUT2D eigenvalue weighted by molar-refractivity contribution is 0.295. The van der Waals surface area contributed by atoms with E-state index in [0.29, 0.717) is 28.9 Å². The van der Waals surface area contributed by atoms with Crippen LogP contribution in [0.4, 0.5) is 5.82 Å². The molecular formula is C16H26ClN3. The summed E-state index contributed by atoms with van der Waals surface area (Å²) in [4.78, 5) is 11.6. The Bertz CT molecular complexity index is 487. The summed E-state index contributed by atoms with van der Waals surface area (Å²) in [6.07, 6.45) is 1.28. The van der Waals surface area contributed by atoms with Crippen LogP contribution in [-0.2, 0) is 0 Å². The minimum absolute atomic E-state index is 0.293. The van der Waals surface area contributed by atoms with E-state index < -0.39 is 0 Å². The zero-order valence-electron chi connectivity index (χ0n) is 13.4. The van der Waals surface area contributed by atoms with Crippen LogP contribution in [0, 0.1) is 18.8 Å². The fraction of sp³-hybridized carbons (Fsp3) is 0.750. The molecule has 0 N–H and O–H groups in total. The number of aromatic nitrogens is 2. The molecule has 2 rings (SSSR count). The van der Waals surface area contributed by atoms with Gasteiger partial charge in [0.2, 0.25) is 0 Å². The number of hydrogen-bond acceptors (Lipinski definition) is 3. The van der Waals surface area contributed by atoms with Gasteiger partial charge in [0.1, 0.15) is 16.8 Å². The van der Waals surface area contributed by atoms with Gasteiger partial charge in [-0.15, -0.1) is 0 Å². The van der Waals surface area contributed by atoms with Crippen LogP contribution >= 0.6 is 11.6 Å². The van der Waals surface area contributed by atoms with Gasteiger partial charge in [-0.05, 0) is 32.1 Å². The molecule has 3 unspecified atom stereocenters. The van der Waals surface area contributed by atoms with Crippen LogP contribution in [0.3, 0.4) is 0 Å². The first-order valence-corrected chi connectivity index (χ1v) is 7.99. The van der Waals surface area contributed by atoms with Crippen LogP contribution in [0.1, 0.15) is 58.3 Å². The van der Waals surface area contributed by atoms with Crippen molar-refractivity contribution in [1.82, 2.24) is 9.97 Å². The summed E-state index contributed by atoms with van der Waals surface area (Å²) >= 11 is 6.32. The van der Waals surface area contributed by atoms with Crippen molar-refractivity contribution in [3.05, 3.63) is 16.5 Å². The van der Waals surface area contributed by atoms with Gasteiger partial charge in [-0.2, -0.15) is 0 Å². The second-order valence-electron chi connectivity index (χ2n) is 6.69. The maximum Gasteiger partial charge on any atom is 0.137 e. The van der Waals surface area contributed by atoms with E-state index in [2.05, 4.69) is 44.5 Å². The highest BCUT2D eigenvalue weighted by molar-refractivity contribution is 6.30. The zero-order chi connectivity index (χ0) is 15.0. The Hall–Kier alpha value is -0.830. The normalized spacial score (nSPS) is 27.2. The molecule has 0 aliphatic carbocycles. The number of halogens is 1. The van der Waals surface area contributed by atoms with Gasteiger partial charge >= 0.3 is 0 Å². The largest absolute Gasteiger partial charge is 0.353 e.